The van der Waals surface area contributed by atoms with Gasteiger partial charge in [-0.15, -0.1) is 0 Å². The standard InChI is InChI=1S/C16H20BrNO2/c1-3-16(4-2)10-19-15(9-18-16)14-8-11-7-12(17)5-6-13(11)20-14/h5-8,15,18H,3-4,9-10H2,1-2H3. The molecular weight excluding hydrogens is 318 g/mol. The topological polar surface area (TPSA) is 34.4 Å². The number of fused-ring (bicyclic) bond motifs is 1. The van der Waals surface area contributed by atoms with Crippen LogP contribution in [0, 0.1) is 0 Å². The van der Waals surface area contributed by atoms with E-state index in [-0.39, 0.29) is 11.6 Å². The summed E-state index contributed by atoms with van der Waals surface area (Å²) < 4.78 is 13.0. The van der Waals surface area contributed by atoms with Crippen LogP contribution in [0.25, 0.3) is 11.0 Å². The molecule has 1 atom stereocenters. The molecule has 1 fully saturated rings. The maximum absolute atomic E-state index is 6.05. The van der Waals surface area contributed by atoms with E-state index in [1.54, 1.807) is 0 Å². The average Bonchev–Trinajstić information content (AvgIpc) is 2.90. The van der Waals surface area contributed by atoms with Gasteiger partial charge in [0.2, 0.25) is 0 Å². The zero-order valence-corrected chi connectivity index (χ0v) is 13.5. The summed E-state index contributed by atoms with van der Waals surface area (Å²) in [5.41, 5.74) is 1.04. The van der Waals surface area contributed by atoms with Crippen LogP contribution >= 0.6 is 15.9 Å². The van der Waals surface area contributed by atoms with Crippen molar-refractivity contribution in [3.8, 4) is 0 Å². The van der Waals surface area contributed by atoms with Crippen molar-refractivity contribution in [3.05, 3.63) is 34.5 Å². The van der Waals surface area contributed by atoms with E-state index < -0.39 is 0 Å². The van der Waals surface area contributed by atoms with Crippen molar-refractivity contribution in [1.29, 1.82) is 0 Å². The SMILES string of the molecule is CCC1(CC)COC(c2cc3cc(Br)ccc3o2)CN1. The Balaban J connectivity index is 1.79. The zero-order valence-electron chi connectivity index (χ0n) is 11.9. The Hall–Kier alpha value is -0.840. The summed E-state index contributed by atoms with van der Waals surface area (Å²) in [4.78, 5) is 0. The second kappa shape index (κ2) is 5.51. The molecule has 1 aromatic heterocycles. The van der Waals surface area contributed by atoms with Crippen LogP contribution in [0.15, 0.2) is 33.2 Å². The first-order valence-electron chi connectivity index (χ1n) is 7.21. The smallest absolute Gasteiger partial charge is 0.135 e. The van der Waals surface area contributed by atoms with Gasteiger partial charge in [0.1, 0.15) is 17.4 Å². The van der Waals surface area contributed by atoms with Gasteiger partial charge in [-0.2, -0.15) is 0 Å². The molecule has 20 heavy (non-hydrogen) atoms. The maximum Gasteiger partial charge on any atom is 0.135 e. The number of halogens is 1. The molecule has 0 radical (unpaired) electrons. The number of furan rings is 1. The molecule has 3 nitrogen and oxygen atoms in total. The highest BCUT2D eigenvalue weighted by Gasteiger charge is 2.34. The lowest BCUT2D eigenvalue weighted by Crippen LogP contribution is -2.54. The van der Waals surface area contributed by atoms with Crippen LogP contribution in [0.1, 0.15) is 38.6 Å². The van der Waals surface area contributed by atoms with Crippen LogP contribution < -0.4 is 5.32 Å². The van der Waals surface area contributed by atoms with Gasteiger partial charge in [0.05, 0.1) is 6.61 Å². The number of nitrogens with one attached hydrogen (secondary N) is 1. The number of hydrogen-bond donors (Lipinski definition) is 1. The van der Waals surface area contributed by atoms with Crippen LogP contribution in [0.2, 0.25) is 0 Å². The van der Waals surface area contributed by atoms with Crippen LogP contribution in [0.4, 0.5) is 0 Å². The maximum atomic E-state index is 6.05. The summed E-state index contributed by atoms with van der Waals surface area (Å²) in [6, 6.07) is 8.13. The number of morpholine rings is 1. The Bertz CT molecular complexity index is 594. The summed E-state index contributed by atoms with van der Waals surface area (Å²) in [5, 5.41) is 4.75. The molecule has 0 bridgehead atoms. The summed E-state index contributed by atoms with van der Waals surface area (Å²) >= 11 is 3.49. The van der Waals surface area contributed by atoms with Crippen molar-refractivity contribution < 1.29 is 9.15 Å². The second-order valence-corrected chi connectivity index (χ2v) is 6.41. The number of ether oxygens (including phenoxy) is 1. The van der Waals surface area contributed by atoms with Gasteiger partial charge in [0.25, 0.3) is 0 Å². The first-order valence-corrected chi connectivity index (χ1v) is 8.01. The molecular formula is C16H20BrNO2. The highest BCUT2D eigenvalue weighted by atomic mass is 79.9. The molecule has 2 aromatic rings. The van der Waals surface area contributed by atoms with Gasteiger partial charge >= 0.3 is 0 Å². The van der Waals surface area contributed by atoms with Crippen LogP contribution in [0.3, 0.4) is 0 Å². The number of hydrogen-bond acceptors (Lipinski definition) is 3. The predicted octanol–water partition coefficient (Wildman–Crippen LogP) is 4.42. The predicted molar refractivity (Wildman–Crippen MR) is 83.9 cm³/mol. The van der Waals surface area contributed by atoms with Crippen molar-refractivity contribution >= 4 is 26.9 Å². The lowest BCUT2D eigenvalue weighted by molar-refractivity contribution is -0.0458. The van der Waals surface area contributed by atoms with Crippen molar-refractivity contribution in [2.24, 2.45) is 0 Å². The summed E-state index contributed by atoms with van der Waals surface area (Å²) in [7, 11) is 0. The second-order valence-electron chi connectivity index (χ2n) is 5.50. The van der Waals surface area contributed by atoms with Crippen LogP contribution in [0.5, 0.6) is 0 Å². The largest absolute Gasteiger partial charge is 0.458 e. The van der Waals surface area contributed by atoms with Gasteiger partial charge in [0, 0.05) is 21.9 Å². The van der Waals surface area contributed by atoms with Gasteiger partial charge in [-0.25, -0.2) is 0 Å². The fourth-order valence-electron chi connectivity index (χ4n) is 2.76. The Morgan fingerprint density at radius 1 is 1.30 bits per heavy atom. The van der Waals surface area contributed by atoms with Gasteiger partial charge in [-0.05, 0) is 37.1 Å². The van der Waals surface area contributed by atoms with Crippen molar-refractivity contribution in [3.63, 3.8) is 0 Å². The molecule has 108 valence electrons. The summed E-state index contributed by atoms with van der Waals surface area (Å²) in [5.74, 6) is 0.909. The third-order valence-electron chi connectivity index (χ3n) is 4.39. The Morgan fingerprint density at radius 3 is 2.75 bits per heavy atom. The van der Waals surface area contributed by atoms with E-state index in [9.17, 15) is 0 Å². The Labute approximate surface area is 127 Å². The molecule has 1 saturated heterocycles. The highest BCUT2D eigenvalue weighted by molar-refractivity contribution is 9.10. The first kappa shape index (κ1) is 14.1. The molecule has 1 aliphatic rings. The molecule has 2 heterocycles. The zero-order chi connectivity index (χ0) is 14.2. The molecule has 3 rings (SSSR count). The Morgan fingerprint density at radius 2 is 2.10 bits per heavy atom. The van der Waals surface area contributed by atoms with Crippen molar-refractivity contribution in [1.82, 2.24) is 5.32 Å². The Kier molecular flexibility index (Phi) is 3.89. The van der Waals surface area contributed by atoms with E-state index >= 15 is 0 Å². The molecule has 1 aliphatic heterocycles. The molecule has 1 aromatic carbocycles. The molecule has 1 N–H and O–H groups in total. The van der Waals surface area contributed by atoms with Crippen LogP contribution in [-0.4, -0.2) is 18.7 Å². The van der Waals surface area contributed by atoms with Gasteiger partial charge in [-0.1, -0.05) is 29.8 Å². The lowest BCUT2D eigenvalue weighted by atomic mass is 9.92. The highest BCUT2D eigenvalue weighted by Crippen LogP contribution is 2.31. The fraction of sp³-hybridized carbons (Fsp3) is 0.500. The summed E-state index contributed by atoms with van der Waals surface area (Å²) in [6.45, 7) is 5.96. The molecule has 0 aliphatic carbocycles. The van der Waals surface area contributed by atoms with Gasteiger partial charge in [-0.3, -0.25) is 0 Å². The third kappa shape index (κ3) is 2.52. The van der Waals surface area contributed by atoms with Gasteiger partial charge < -0.3 is 14.5 Å². The quantitative estimate of drug-likeness (QED) is 0.900. The van der Waals surface area contributed by atoms with Gasteiger partial charge in [0.15, 0.2) is 0 Å². The average molecular weight is 338 g/mol. The van der Waals surface area contributed by atoms with E-state index in [2.05, 4.69) is 47.2 Å². The fourth-order valence-corrected chi connectivity index (χ4v) is 3.14. The molecule has 1 unspecified atom stereocenters. The molecule has 0 spiro atoms. The normalized spacial score (nSPS) is 22.2. The minimum Gasteiger partial charge on any atom is -0.458 e. The van der Waals surface area contributed by atoms with E-state index in [0.29, 0.717) is 0 Å². The van der Waals surface area contributed by atoms with Crippen molar-refractivity contribution in [2.75, 3.05) is 13.2 Å². The van der Waals surface area contributed by atoms with E-state index in [4.69, 9.17) is 9.15 Å². The minimum absolute atomic E-state index is 0.00685. The van der Waals surface area contributed by atoms with Crippen LogP contribution in [-0.2, 0) is 4.74 Å². The first-order chi connectivity index (χ1) is 9.65. The summed E-state index contributed by atoms with van der Waals surface area (Å²) in [6.07, 6.45) is 2.18. The third-order valence-corrected chi connectivity index (χ3v) is 4.88. The van der Waals surface area contributed by atoms with E-state index in [1.807, 2.05) is 12.1 Å². The van der Waals surface area contributed by atoms with E-state index in [1.165, 1.54) is 0 Å². The van der Waals surface area contributed by atoms with Crippen molar-refractivity contribution in [2.45, 2.75) is 38.3 Å². The molecule has 0 saturated carbocycles. The molecule has 4 heteroatoms. The number of rotatable bonds is 3. The lowest BCUT2D eigenvalue weighted by Gasteiger charge is -2.39. The van der Waals surface area contributed by atoms with E-state index in [0.717, 1.165) is 47.2 Å². The number of benzene rings is 1. The minimum atomic E-state index is 0.00685. The molecule has 0 amide bonds. The monoisotopic (exact) mass is 337 g/mol.